The molecule has 0 saturated carbocycles. The van der Waals surface area contributed by atoms with E-state index in [-0.39, 0.29) is 17.0 Å². The Kier molecular flexibility index (Phi) is 3.82. The Morgan fingerprint density at radius 2 is 2.31 bits per heavy atom. The van der Waals surface area contributed by atoms with Gasteiger partial charge in [0.25, 0.3) is 11.6 Å². The molecule has 0 radical (unpaired) electrons. The van der Waals surface area contributed by atoms with Gasteiger partial charge in [-0.05, 0) is 18.3 Å². The molecule has 0 aromatic heterocycles. The van der Waals surface area contributed by atoms with Crippen LogP contribution in [0.25, 0.3) is 0 Å². The quantitative estimate of drug-likeness (QED) is 0.347. The number of amides is 1. The van der Waals surface area contributed by atoms with Crippen LogP contribution < -0.4 is 4.74 Å². The molecule has 0 aliphatic carbocycles. The first-order chi connectivity index (χ1) is 7.60. The van der Waals surface area contributed by atoms with Gasteiger partial charge in [-0.3, -0.25) is 14.9 Å². The van der Waals surface area contributed by atoms with Crippen molar-refractivity contribution in [1.29, 1.82) is 0 Å². The van der Waals surface area contributed by atoms with Gasteiger partial charge in [-0.15, -0.1) is 0 Å². The lowest BCUT2D eigenvalue weighted by Crippen LogP contribution is -2.00. The molecule has 0 fully saturated rings. The molecular formula is C9H6N2O4S. The minimum atomic E-state index is -0.651. The summed E-state index contributed by atoms with van der Waals surface area (Å²) in [7, 11) is 1.30. The summed E-state index contributed by atoms with van der Waals surface area (Å²) in [4.78, 5) is 24.5. The van der Waals surface area contributed by atoms with E-state index in [4.69, 9.17) is 4.74 Å². The molecular weight excluding hydrogens is 232 g/mol. The van der Waals surface area contributed by atoms with Crippen molar-refractivity contribution in [3.05, 3.63) is 33.9 Å². The van der Waals surface area contributed by atoms with Gasteiger partial charge in [0.2, 0.25) is 0 Å². The largest absolute Gasteiger partial charge is 0.496 e. The molecule has 16 heavy (non-hydrogen) atoms. The van der Waals surface area contributed by atoms with E-state index in [1.165, 1.54) is 19.2 Å². The number of nitro benzene ring substituents is 1. The molecule has 82 valence electrons. The standard InChI is InChI=1S/C9H6N2O4S/c1-15-8-4-6(11(13)14)2-3-7(8)9(12)10-5-16/h2-4H,1H3. The predicted molar refractivity (Wildman–Crippen MR) is 59.0 cm³/mol. The van der Waals surface area contributed by atoms with E-state index in [0.29, 0.717) is 0 Å². The number of carbonyl (C=O) groups excluding carboxylic acids is 1. The molecule has 0 spiro atoms. The van der Waals surface area contributed by atoms with E-state index in [0.717, 1.165) is 6.07 Å². The first kappa shape index (κ1) is 12.0. The van der Waals surface area contributed by atoms with Gasteiger partial charge in [-0.2, -0.15) is 4.99 Å². The summed E-state index contributed by atoms with van der Waals surface area (Å²) in [5.41, 5.74) is -0.0646. The Labute approximate surface area is 95.7 Å². The molecule has 0 aliphatic heterocycles. The van der Waals surface area contributed by atoms with Crippen molar-refractivity contribution < 1.29 is 14.5 Å². The molecule has 0 heterocycles. The number of isothiocyanates is 1. The molecule has 0 N–H and O–H groups in total. The summed E-state index contributed by atoms with van der Waals surface area (Å²) in [6, 6.07) is 3.59. The summed E-state index contributed by atoms with van der Waals surface area (Å²) >= 11 is 4.29. The SMILES string of the molecule is COc1cc([N+](=O)[O-])ccc1C(=O)N=C=S. The Hall–Kier alpha value is -2.11. The zero-order valence-corrected chi connectivity index (χ0v) is 8.98. The van der Waals surface area contributed by atoms with Crippen LogP contribution in [0.15, 0.2) is 23.2 Å². The van der Waals surface area contributed by atoms with Crippen molar-refractivity contribution in [2.45, 2.75) is 0 Å². The lowest BCUT2D eigenvalue weighted by molar-refractivity contribution is -0.384. The monoisotopic (exact) mass is 238 g/mol. The topological polar surface area (TPSA) is 81.8 Å². The van der Waals surface area contributed by atoms with Crippen molar-refractivity contribution in [3.8, 4) is 5.75 Å². The number of hydrogen-bond donors (Lipinski definition) is 0. The van der Waals surface area contributed by atoms with Crippen LogP contribution in [0.4, 0.5) is 5.69 Å². The van der Waals surface area contributed by atoms with Gasteiger partial charge in [0.1, 0.15) is 5.75 Å². The van der Waals surface area contributed by atoms with Crippen LogP contribution in [-0.4, -0.2) is 23.1 Å². The molecule has 7 heteroatoms. The second-order valence-corrected chi connectivity index (χ2v) is 2.83. The Morgan fingerprint density at radius 1 is 1.62 bits per heavy atom. The van der Waals surface area contributed by atoms with Crippen molar-refractivity contribution in [2.24, 2.45) is 4.99 Å². The van der Waals surface area contributed by atoms with Crippen molar-refractivity contribution >= 4 is 29.0 Å². The van der Waals surface area contributed by atoms with Crippen LogP contribution in [0.3, 0.4) is 0 Å². The molecule has 0 saturated heterocycles. The molecule has 0 atom stereocenters. The predicted octanol–water partition coefficient (Wildman–Crippen LogP) is 1.85. The van der Waals surface area contributed by atoms with Crippen LogP contribution in [0, 0.1) is 10.1 Å². The minimum Gasteiger partial charge on any atom is -0.496 e. The summed E-state index contributed by atoms with van der Waals surface area (Å²) in [5, 5.41) is 12.4. The highest BCUT2D eigenvalue weighted by atomic mass is 32.1. The smallest absolute Gasteiger partial charge is 0.289 e. The third-order valence-electron chi connectivity index (χ3n) is 1.77. The van der Waals surface area contributed by atoms with Gasteiger partial charge < -0.3 is 4.74 Å². The average molecular weight is 238 g/mol. The summed E-state index contributed by atoms with van der Waals surface area (Å²) in [6.07, 6.45) is 0. The third kappa shape index (κ3) is 2.47. The van der Waals surface area contributed by atoms with Crippen LogP contribution in [0.1, 0.15) is 10.4 Å². The first-order valence-electron chi connectivity index (χ1n) is 4.04. The van der Waals surface area contributed by atoms with Crippen LogP contribution in [0.2, 0.25) is 0 Å². The highest BCUT2D eigenvalue weighted by molar-refractivity contribution is 7.78. The van der Waals surface area contributed by atoms with E-state index in [2.05, 4.69) is 17.2 Å². The zero-order valence-electron chi connectivity index (χ0n) is 8.17. The second kappa shape index (κ2) is 5.11. The molecule has 0 unspecified atom stereocenters. The molecule has 1 rings (SSSR count). The average Bonchev–Trinajstić information content (AvgIpc) is 2.28. The molecule has 1 aromatic rings. The van der Waals surface area contributed by atoms with E-state index >= 15 is 0 Å². The number of carbonyl (C=O) groups is 1. The number of rotatable bonds is 3. The van der Waals surface area contributed by atoms with Crippen molar-refractivity contribution in [1.82, 2.24) is 0 Å². The maximum Gasteiger partial charge on any atom is 0.289 e. The maximum atomic E-state index is 11.4. The van der Waals surface area contributed by atoms with Gasteiger partial charge in [-0.1, -0.05) is 0 Å². The number of ether oxygens (including phenoxy) is 1. The van der Waals surface area contributed by atoms with Crippen LogP contribution >= 0.6 is 12.2 Å². The summed E-state index contributed by atoms with van der Waals surface area (Å²) in [5.74, 6) is -0.574. The zero-order chi connectivity index (χ0) is 12.1. The minimum absolute atomic E-state index is 0.0770. The number of non-ortho nitro benzene ring substituents is 1. The number of nitrogens with zero attached hydrogens (tertiary/aromatic N) is 2. The Bertz CT molecular complexity index is 494. The molecule has 0 bridgehead atoms. The van der Waals surface area contributed by atoms with Gasteiger partial charge in [0.15, 0.2) is 0 Å². The molecule has 0 aliphatic rings. The Balaban J connectivity index is 3.26. The summed E-state index contributed by atoms with van der Waals surface area (Å²) in [6.45, 7) is 0. The Morgan fingerprint density at radius 3 is 2.81 bits per heavy atom. The lowest BCUT2D eigenvalue weighted by atomic mass is 10.1. The van der Waals surface area contributed by atoms with E-state index < -0.39 is 10.8 Å². The van der Waals surface area contributed by atoms with Gasteiger partial charge in [-0.25, -0.2) is 0 Å². The number of hydrogen-bond acceptors (Lipinski definition) is 5. The van der Waals surface area contributed by atoms with Gasteiger partial charge in [0.05, 0.1) is 28.8 Å². The molecule has 1 aromatic carbocycles. The fourth-order valence-electron chi connectivity index (χ4n) is 1.07. The van der Waals surface area contributed by atoms with E-state index in [1.54, 1.807) is 0 Å². The first-order valence-corrected chi connectivity index (χ1v) is 4.45. The number of benzene rings is 1. The van der Waals surface area contributed by atoms with E-state index in [9.17, 15) is 14.9 Å². The lowest BCUT2D eigenvalue weighted by Gasteiger charge is -2.03. The fourth-order valence-corrected chi connectivity index (χ4v) is 1.15. The number of methoxy groups -OCH3 is 1. The molecule has 6 nitrogen and oxygen atoms in total. The second-order valence-electron chi connectivity index (χ2n) is 2.65. The third-order valence-corrected chi connectivity index (χ3v) is 1.86. The van der Waals surface area contributed by atoms with E-state index in [1.807, 2.05) is 5.16 Å². The highest BCUT2D eigenvalue weighted by Gasteiger charge is 2.15. The van der Waals surface area contributed by atoms with Gasteiger partial charge >= 0.3 is 0 Å². The highest BCUT2D eigenvalue weighted by Crippen LogP contribution is 2.24. The number of aliphatic imine (C=N–C) groups is 1. The maximum absolute atomic E-state index is 11.4. The van der Waals surface area contributed by atoms with Crippen molar-refractivity contribution in [3.63, 3.8) is 0 Å². The normalized spacial score (nSPS) is 9.06. The van der Waals surface area contributed by atoms with Crippen LogP contribution in [-0.2, 0) is 0 Å². The van der Waals surface area contributed by atoms with Crippen molar-refractivity contribution in [2.75, 3.05) is 7.11 Å². The fraction of sp³-hybridized carbons (Fsp3) is 0.111. The number of nitro groups is 1. The summed E-state index contributed by atoms with van der Waals surface area (Å²) < 4.78 is 4.86. The van der Waals surface area contributed by atoms with Gasteiger partial charge in [0, 0.05) is 6.07 Å². The molecule has 1 amide bonds. The number of thiocarbonyl (C=S) groups is 1. The van der Waals surface area contributed by atoms with Crippen LogP contribution in [0.5, 0.6) is 5.75 Å².